The van der Waals surface area contributed by atoms with E-state index in [4.69, 9.17) is 4.74 Å². The van der Waals surface area contributed by atoms with Crippen LogP contribution < -0.4 is 10.6 Å². The van der Waals surface area contributed by atoms with Gasteiger partial charge in [0, 0.05) is 36.8 Å². The normalized spacial score (nSPS) is 17.5. The number of aliphatic imine (C=N–C) groups is 1. The maximum absolute atomic E-state index is 5.64. The minimum absolute atomic E-state index is 0. The van der Waals surface area contributed by atoms with E-state index in [0.29, 0.717) is 0 Å². The van der Waals surface area contributed by atoms with Crippen LogP contribution in [0.1, 0.15) is 30.9 Å². The van der Waals surface area contributed by atoms with Gasteiger partial charge in [-0.1, -0.05) is 12.1 Å². The van der Waals surface area contributed by atoms with Crippen molar-refractivity contribution in [3.8, 4) is 0 Å². The molecule has 0 radical (unpaired) electrons. The van der Waals surface area contributed by atoms with E-state index < -0.39 is 0 Å². The number of nitrogens with zero attached hydrogens (tertiary/aromatic N) is 1. The van der Waals surface area contributed by atoms with Crippen LogP contribution in [0.4, 0.5) is 0 Å². The molecule has 0 aliphatic carbocycles. The molecule has 138 valence electrons. The Morgan fingerprint density at radius 2 is 2.24 bits per heavy atom. The Morgan fingerprint density at radius 1 is 1.36 bits per heavy atom. The van der Waals surface area contributed by atoms with Crippen LogP contribution in [0, 0.1) is 6.92 Å². The number of aromatic amines is 1. The van der Waals surface area contributed by atoms with Crippen molar-refractivity contribution in [3.05, 3.63) is 35.5 Å². The van der Waals surface area contributed by atoms with Gasteiger partial charge in [0.25, 0.3) is 0 Å². The SMILES string of the molecule is CCNC(=NCC1CCCO1)NCCc1c[nH]c2cccc(C)c12.I. The molecule has 5 nitrogen and oxygen atoms in total. The molecule has 1 saturated heterocycles. The molecular formula is C19H29IN4O. The standard InChI is InChI=1S/C19H28N4O.HI/c1-3-20-19(23-13-16-7-5-11-24-16)21-10-9-15-12-22-17-8-4-6-14(2)18(15)17;/h4,6,8,12,16,22H,3,5,7,9-11,13H2,1-2H3,(H2,20,21,23);1H. The van der Waals surface area contributed by atoms with E-state index in [1.807, 2.05) is 0 Å². The zero-order chi connectivity index (χ0) is 16.8. The summed E-state index contributed by atoms with van der Waals surface area (Å²) in [6.07, 6.45) is 5.66. The van der Waals surface area contributed by atoms with Crippen molar-refractivity contribution in [2.75, 3.05) is 26.2 Å². The molecule has 2 heterocycles. The number of guanidine groups is 1. The molecule has 1 aromatic heterocycles. The second-order valence-electron chi connectivity index (χ2n) is 6.34. The number of aryl methyl sites for hydroxylation is 1. The lowest BCUT2D eigenvalue weighted by molar-refractivity contribution is 0.117. The number of aromatic nitrogens is 1. The Kier molecular flexibility index (Phi) is 8.02. The van der Waals surface area contributed by atoms with Gasteiger partial charge in [0.1, 0.15) is 0 Å². The number of ether oxygens (including phenoxy) is 1. The monoisotopic (exact) mass is 456 g/mol. The first kappa shape index (κ1) is 20.0. The highest BCUT2D eigenvalue weighted by molar-refractivity contribution is 14.0. The fourth-order valence-electron chi connectivity index (χ4n) is 3.29. The third-order valence-corrected chi connectivity index (χ3v) is 4.50. The summed E-state index contributed by atoms with van der Waals surface area (Å²) in [5.74, 6) is 0.879. The van der Waals surface area contributed by atoms with Gasteiger partial charge in [0.05, 0.1) is 12.6 Å². The van der Waals surface area contributed by atoms with Crippen LogP contribution in [0.15, 0.2) is 29.4 Å². The van der Waals surface area contributed by atoms with Crippen molar-refractivity contribution in [3.63, 3.8) is 0 Å². The van der Waals surface area contributed by atoms with E-state index in [0.717, 1.165) is 51.5 Å². The zero-order valence-electron chi connectivity index (χ0n) is 15.1. The van der Waals surface area contributed by atoms with E-state index >= 15 is 0 Å². The minimum atomic E-state index is 0. The van der Waals surface area contributed by atoms with E-state index in [2.05, 4.69) is 58.9 Å². The van der Waals surface area contributed by atoms with E-state index in [1.165, 1.54) is 22.0 Å². The third-order valence-electron chi connectivity index (χ3n) is 4.50. The number of rotatable bonds is 6. The van der Waals surface area contributed by atoms with Gasteiger partial charge in [-0.15, -0.1) is 24.0 Å². The summed E-state index contributed by atoms with van der Waals surface area (Å²) in [5.41, 5.74) is 3.89. The molecule has 0 bridgehead atoms. The van der Waals surface area contributed by atoms with Gasteiger partial charge in [-0.3, -0.25) is 4.99 Å². The molecule has 1 aliphatic rings. The first-order valence-corrected chi connectivity index (χ1v) is 8.97. The Hall–Kier alpha value is -1.28. The van der Waals surface area contributed by atoms with Crippen molar-refractivity contribution in [2.45, 2.75) is 39.2 Å². The number of H-pyrrole nitrogens is 1. The van der Waals surface area contributed by atoms with Gasteiger partial charge in [-0.05, 0) is 50.3 Å². The molecule has 0 spiro atoms. The molecule has 1 atom stereocenters. The van der Waals surface area contributed by atoms with Crippen molar-refractivity contribution < 1.29 is 4.74 Å². The van der Waals surface area contributed by atoms with Crippen LogP contribution in [0.2, 0.25) is 0 Å². The summed E-state index contributed by atoms with van der Waals surface area (Å²) in [5, 5.41) is 8.10. The topological polar surface area (TPSA) is 61.4 Å². The highest BCUT2D eigenvalue weighted by Crippen LogP contribution is 2.22. The van der Waals surface area contributed by atoms with Crippen molar-refractivity contribution in [1.82, 2.24) is 15.6 Å². The lowest BCUT2D eigenvalue weighted by atomic mass is 10.1. The first-order valence-electron chi connectivity index (χ1n) is 8.97. The first-order chi connectivity index (χ1) is 11.8. The minimum Gasteiger partial charge on any atom is -0.376 e. The predicted octanol–water partition coefficient (Wildman–Crippen LogP) is 3.37. The Bertz CT molecular complexity index is 692. The lowest BCUT2D eigenvalue weighted by Gasteiger charge is -2.13. The molecule has 6 heteroatoms. The van der Waals surface area contributed by atoms with E-state index in [9.17, 15) is 0 Å². The molecule has 0 amide bonds. The van der Waals surface area contributed by atoms with Gasteiger partial charge in [-0.25, -0.2) is 0 Å². The number of halogens is 1. The largest absolute Gasteiger partial charge is 0.376 e. The molecule has 1 aromatic carbocycles. The summed E-state index contributed by atoms with van der Waals surface area (Å²) in [6, 6.07) is 6.39. The zero-order valence-corrected chi connectivity index (χ0v) is 17.4. The van der Waals surface area contributed by atoms with Gasteiger partial charge >= 0.3 is 0 Å². The molecule has 1 aliphatic heterocycles. The maximum atomic E-state index is 5.64. The highest BCUT2D eigenvalue weighted by Gasteiger charge is 2.14. The number of hydrogen-bond donors (Lipinski definition) is 3. The maximum Gasteiger partial charge on any atom is 0.191 e. The van der Waals surface area contributed by atoms with Crippen molar-refractivity contribution in [1.29, 1.82) is 0 Å². The Labute approximate surface area is 167 Å². The quantitative estimate of drug-likeness (QED) is 0.355. The van der Waals surface area contributed by atoms with Crippen LogP contribution in [-0.2, 0) is 11.2 Å². The fourth-order valence-corrected chi connectivity index (χ4v) is 3.29. The van der Waals surface area contributed by atoms with Crippen LogP contribution in [-0.4, -0.2) is 43.3 Å². The molecule has 3 rings (SSSR count). The van der Waals surface area contributed by atoms with Gasteiger partial charge in [0.2, 0.25) is 0 Å². The number of fused-ring (bicyclic) bond motifs is 1. The van der Waals surface area contributed by atoms with Crippen LogP contribution in [0.3, 0.4) is 0 Å². The second kappa shape index (κ2) is 10.0. The predicted molar refractivity (Wildman–Crippen MR) is 115 cm³/mol. The highest BCUT2D eigenvalue weighted by atomic mass is 127. The second-order valence-corrected chi connectivity index (χ2v) is 6.34. The summed E-state index contributed by atoms with van der Waals surface area (Å²) in [4.78, 5) is 8.02. The Balaban J connectivity index is 0.00000225. The molecule has 2 aromatic rings. The summed E-state index contributed by atoms with van der Waals surface area (Å²) < 4.78 is 5.64. The van der Waals surface area contributed by atoms with E-state index in [1.54, 1.807) is 0 Å². The van der Waals surface area contributed by atoms with E-state index in [-0.39, 0.29) is 30.1 Å². The Morgan fingerprint density at radius 3 is 3.00 bits per heavy atom. The molecule has 25 heavy (non-hydrogen) atoms. The van der Waals surface area contributed by atoms with Gasteiger partial charge in [0.15, 0.2) is 5.96 Å². The summed E-state index contributed by atoms with van der Waals surface area (Å²) in [7, 11) is 0. The average Bonchev–Trinajstić information content (AvgIpc) is 3.23. The molecular weight excluding hydrogens is 427 g/mol. The lowest BCUT2D eigenvalue weighted by Crippen LogP contribution is -2.38. The number of nitrogens with one attached hydrogen (secondary N) is 3. The van der Waals surface area contributed by atoms with Crippen molar-refractivity contribution in [2.24, 2.45) is 4.99 Å². The molecule has 0 saturated carbocycles. The average molecular weight is 456 g/mol. The third kappa shape index (κ3) is 5.34. The number of benzene rings is 1. The van der Waals surface area contributed by atoms with Gasteiger partial charge < -0.3 is 20.4 Å². The van der Waals surface area contributed by atoms with Crippen molar-refractivity contribution >= 4 is 40.8 Å². The van der Waals surface area contributed by atoms with Crippen LogP contribution >= 0.6 is 24.0 Å². The summed E-state index contributed by atoms with van der Waals surface area (Å²) >= 11 is 0. The molecule has 1 unspecified atom stereocenters. The smallest absolute Gasteiger partial charge is 0.191 e. The fraction of sp³-hybridized carbons (Fsp3) is 0.526. The van der Waals surface area contributed by atoms with Crippen LogP contribution in [0.5, 0.6) is 0 Å². The number of hydrogen-bond acceptors (Lipinski definition) is 2. The van der Waals surface area contributed by atoms with Crippen LogP contribution in [0.25, 0.3) is 10.9 Å². The summed E-state index contributed by atoms with van der Waals surface area (Å²) in [6.45, 7) is 7.60. The molecule has 3 N–H and O–H groups in total. The van der Waals surface area contributed by atoms with Gasteiger partial charge in [-0.2, -0.15) is 0 Å². The molecule has 1 fully saturated rings.